The monoisotopic (exact) mass is 236 g/mol. The lowest BCUT2D eigenvalue weighted by atomic mass is 10.0. The number of pyridine rings is 1. The van der Waals surface area contributed by atoms with Gasteiger partial charge in [-0.2, -0.15) is 0 Å². The molecular weight excluding hydrogens is 220 g/mol. The maximum absolute atomic E-state index is 11.2. The van der Waals surface area contributed by atoms with Crippen LogP contribution in [-0.4, -0.2) is 28.6 Å². The highest BCUT2D eigenvalue weighted by Gasteiger charge is 2.30. The molecule has 2 rings (SSSR count). The number of hydrogen-bond acceptors (Lipinski definition) is 5. The van der Waals surface area contributed by atoms with Crippen LogP contribution in [0.2, 0.25) is 0 Å². The standard InChI is InChI=1S/C11H16N4O2/c12-7-5-8(13)10(14-6-7)15-4-2-1-3-9(15)11(16)17/h5-6,9H,1-4,12-13H2,(H,16,17). The first-order valence-electron chi connectivity index (χ1n) is 5.60. The normalized spacial score (nSPS) is 20.2. The molecule has 0 aliphatic carbocycles. The smallest absolute Gasteiger partial charge is 0.326 e. The highest BCUT2D eigenvalue weighted by molar-refractivity contribution is 5.80. The van der Waals surface area contributed by atoms with Crippen molar-refractivity contribution in [3.05, 3.63) is 12.3 Å². The highest BCUT2D eigenvalue weighted by atomic mass is 16.4. The Balaban J connectivity index is 2.32. The SMILES string of the molecule is Nc1cnc(N2CCCCC2C(=O)O)c(N)c1. The molecule has 1 atom stereocenters. The van der Waals surface area contributed by atoms with Crippen LogP contribution in [0.3, 0.4) is 0 Å². The van der Waals surface area contributed by atoms with Crippen LogP contribution in [0.15, 0.2) is 12.3 Å². The van der Waals surface area contributed by atoms with E-state index < -0.39 is 12.0 Å². The summed E-state index contributed by atoms with van der Waals surface area (Å²) in [5.41, 5.74) is 12.3. The van der Waals surface area contributed by atoms with Gasteiger partial charge >= 0.3 is 5.97 Å². The largest absolute Gasteiger partial charge is 0.480 e. The molecule has 17 heavy (non-hydrogen) atoms. The first kappa shape index (κ1) is 11.5. The van der Waals surface area contributed by atoms with E-state index in [0.717, 1.165) is 12.8 Å². The van der Waals surface area contributed by atoms with Crippen LogP contribution in [0.1, 0.15) is 19.3 Å². The fraction of sp³-hybridized carbons (Fsp3) is 0.455. The van der Waals surface area contributed by atoms with Gasteiger partial charge in [-0.15, -0.1) is 0 Å². The predicted octanol–water partition coefficient (Wildman–Crippen LogP) is 0.690. The van der Waals surface area contributed by atoms with Crippen LogP contribution in [0, 0.1) is 0 Å². The summed E-state index contributed by atoms with van der Waals surface area (Å²) in [7, 11) is 0. The first-order valence-corrected chi connectivity index (χ1v) is 5.60. The van der Waals surface area contributed by atoms with E-state index >= 15 is 0 Å². The maximum Gasteiger partial charge on any atom is 0.326 e. The van der Waals surface area contributed by atoms with Crippen LogP contribution in [0.25, 0.3) is 0 Å². The van der Waals surface area contributed by atoms with Gasteiger partial charge < -0.3 is 21.5 Å². The number of anilines is 3. The zero-order valence-electron chi connectivity index (χ0n) is 9.47. The Morgan fingerprint density at radius 1 is 1.47 bits per heavy atom. The molecule has 5 N–H and O–H groups in total. The summed E-state index contributed by atoms with van der Waals surface area (Å²) in [6.07, 6.45) is 4.00. The summed E-state index contributed by atoms with van der Waals surface area (Å²) in [5, 5.41) is 9.18. The fourth-order valence-corrected chi connectivity index (χ4v) is 2.17. The Morgan fingerprint density at radius 2 is 2.24 bits per heavy atom. The van der Waals surface area contributed by atoms with Gasteiger partial charge in [0.05, 0.1) is 17.6 Å². The second-order valence-corrected chi connectivity index (χ2v) is 4.22. The minimum Gasteiger partial charge on any atom is -0.480 e. The van der Waals surface area contributed by atoms with E-state index in [0.29, 0.717) is 30.2 Å². The Morgan fingerprint density at radius 3 is 2.88 bits per heavy atom. The van der Waals surface area contributed by atoms with Gasteiger partial charge in [0.25, 0.3) is 0 Å². The Kier molecular flexibility index (Phi) is 3.03. The van der Waals surface area contributed by atoms with Gasteiger partial charge in [-0.1, -0.05) is 0 Å². The number of carbonyl (C=O) groups is 1. The molecule has 1 unspecified atom stereocenters. The summed E-state index contributed by atoms with van der Waals surface area (Å²) < 4.78 is 0. The number of aromatic nitrogens is 1. The molecular formula is C11H16N4O2. The maximum atomic E-state index is 11.2. The summed E-state index contributed by atoms with van der Waals surface area (Å²) in [5.74, 6) is -0.311. The molecule has 1 fully saturated rings. The molecule has 1 aliphatic heterocycles. The molecule has 0 saturated carbocycles. The number of rotatable bonds is 2. The van der Waals surface area contributed by atoms with Crippen molar-refractivity contribution >= 4 is 23.2 Å². The lowest BCUT2D eigenvalue weighted by Gasteiger charge is -2.34. The number of hydrogen-bond donors (Lipinski definition) is 3. The van der Waals surface area contributed by atoms with Crippen molar-refractivity contribution in [1.29, 1.82) is 0 Å². The van der Waals surface area contributed by atoms with Crippen molar-refractivity contribution < 1.29 is 9.90 Å². The molecule has 0 amide bonds. The molecule has 1 aromatic rings. The van der Waals surface area contributed by atoms with E-state index in [2.05, 4.69) is 4.98 Å². The van der Waals surface area contributed by atoms with Crippen LogP contribution in [0.4, 0.5) is 17.2 Å². The van der Waals surface area contributed by atoms with Gasteiger partial charge in [-0.25, -0.2) is 9.78 Å². The zero-order chi connectivity index (χ0) is 12.4. The quantitative estimate of drug-likeness (QED) is 0.697. The van der Waals surface area contributed by atoms with Crippen molar-refractivity contribution in [2.75, 3.05) is 22.9 Å². The average molecular weight is 236 g/mol. The van der Waals surface area contributed by atoms with Crippen molar-refractivity contribution in [3.8, 4) is 0 Å². The van der Waals surface area contributed by atoms with Crippen LogP contribution < -0.4 is 16.4 Å². The second kappa shape index (κ2) is 4.48. The number of carboxylic acids is 1. The van der Waals surface area contributed by atoms with Crippen LogP contribution in [-0.2, 0) is 4.79 Å². The minimum atomic E-state index is -0.831. The zero-order valence-corrected chi connectivity index (χ0v) is 9.47. The molecule has 0 spiro atoms. The van der Waals surface area contributed by atoms with Gasteiger partial charge in [0.15, 0.2) is 5.82 Å². The predicted molar refractivity (Wildman–Crippen MR) is 65.7 cm³/mol. The van der Waals surface area contributed by atoms with Crippen molar-refractivity contribution in [1.82, 2.24) is 4.98 Å². The third-order valence-corrected chi connectivity index (χ3v) is 2.98. The lowest BCUT2D eigenvalue weighted by molar-refractivity contribution is -0.139. The van der Waals surface area contributed by atoms with Gasteiger partial charge in [-0.05, 0) is 25.3 Å². The number of carboxylic acid groups (broad SMARTS) is 1. The molecule has 2 heterocycles. The Labute approximate surface area is 99.2 Å². The third kappa shape index (κ3) is 2.25. The van der Waals surface area contributed by atoms with E-state index in [1.165, 1.54) is 6.20 Å². The number of aliphatic carboxylic acids is 1. The summed E-state index contributed by atoms with van der Waals surface area (Å²) in [6, 6.07) is 1.07. The summed E-state index contributed by atoms with van der Waals surface area (Å²) >= 11 is 0. The van der Waals surface area contributed by atoms with Gasteiger partial charge in [0.2, 0.25) is 0 Å². The van der Waals surface area contributed by atoms with E-state index in [-0.39, 0.29) is 0 Å². The first-order chi connectivity index (χ1) is 8.09. The summed E-state index contributed by atoms with van der Waals surface area (Å²) in [4.78, 5) is 17.1. The van der Waals surface area contributed by atoms with Gasteiger partial charge in [0.1, 0.15) is 6.04 Å². The Bertz CT molecular complexity index is 435. The van der Waals surface area contributed by atoms with E-state index in [1.807, 2.05) is 0 Å². The molecule has 1 aliphatic rings. The van der Waals surface area contributed by atoms with Gasteiger partial charge in [-0.3, -0.25) is 0 Å². The number of nitrogens with two attached hydrogens (primary N) is 2. The number of piperidine rings is 1. The second-order valence-electron chi connectivity index (χ2n) is 4.22. The highest BCUT2D eigenvalue weighted by Crippen LogP contribution is 2.28. The molecule has 0 aromatic carbocycles. The van der Waals surface area contributed by atoms with Crippen LogP contribution in [0.5, 0.6) is 0 Å². The van der Waals surface area contributed by atoms with E-state index in [4.69, 9.17) is 11.5 Å². The lowest BCUT2D eigenvalue weighted by Crippen LogP contribution is -2.45. The van der Waals surface area contributed by atoms with E-state index in [9.17, 15) is 9.90 Å². The van der Waals surface area contributed by atoms with Crippen molar-refractivity contribution in [2.45, 2.75) is 25.3 Å². The Hall–Kier alpha value is -1.98. The molecule has 0 radical (unpaired) electrons. The van der Waals surface area contributed by atoms with Gasteiger partial charge in [0, 0.05) is 6.54 Å². The molecule has 6 nitrogen and oxygen atoms in total. The molecule has 1 aromatic heterocycles. The van der Waals surface area contributed by atoms with Crippen LogP contribution >= 0.6 is 0 Å². The number of nitrogens with zero attached hydrogens (tertiary/aromatic N) is 2. The molecule has 92 valence electrons. The van der Waals surface area contributed by atoms with E-state index in [1.54, 1.807) is 11.0 Å². The molecule has 6 heteroatoms. The fourth-order valence-electron chi connectivity index (χ4n) is 2.17. The molecule has 0 bridgehead atoms. The number of nitrogen functional groups attached to an aromatic ring is 2. The minimum absolute atomic E-state index is 0.429. The third-order valence-electron chi connectivity index (χ3n) is 2.98. The van der Waals surface area contributed by atoms with Crippen molar-refractivity contribution in [2.24, 2.45) is 0 Å². The topological polar surface area (TPSA) is 105 Å². The summed E-state index contributed by atoms with van der Waals surface area (Å²) in [6.45, 7) is 0.665. The van der Waals surface area contributed by atoms with Crippen molar-refractivity contribution in [3.63, 3.8) is 0 Å². The average Bonchev–Trinajstić information content (AvgIpc) is 2.29. The molecule has 1 saturated heterocycles.